The first-order chi connectivity index (χ1) is 26.0. The Morgan fingerprint density at radius 3 is 1.94 bits per heavy atom. The third kappa shape index (κ3) is 5.08. The molecular formula is C50H37N3. The Morgan fingerprint density at radius 1 is 0.453 bits per heavy atom. The van der Waals surface area contributed by atoms with Crippen LogP contribution in [0.15, 0.2) is 188 Å². The third-order valence-electron chi connectivity index (χ3n) is 11.1. The maximum Gasteiger partial charge on any atom is 0.0644 e. The van der Waals surface area contributed by atoms with Crippen LogP contribution in [0.5, 0.6) is 0 Å². The zero-order valence-corrected chi connectivity index (χ0v) is 29.7. The van der Waals surface area contributed by atoms with Gasteiger partial charge in [-0.05, 0) is 111 Å². The Bertz CT molecular complexity index is 2770. The summed E-state index contributed by atoms with van der Waals surface area (Å²) in [6.45, 7) is 4.71. The number of para-hydroxylation sites is 2. The largest absolute Gasteiger partial charge is 0.309 e. The number of nitrogens with zero attached hydrogens (tertiary/aromatic N) is 3. The number of anilines is 3. The SMILES string of the molecule is CC1(C)c2ccccc2-c2ccc(-n3c4ccccc4c4ccc(-c5cccc(-c6cccc(N(c7ccccc7)c7cccnc7)c6)c5)cc43)cc21. The van der Waals surface area contributed by atoms with Gasteiger partial charge in [-0.3, -0.25) is 4.98 Å². The molecule has 9 aromatic rings. The minimum absolute atomic E-state index is 0.0697. The molecule has 0 aliphatic heterocycles. The predicted molar refractivity (Wildman–Crippen MR) is 222 cm³/mol. The molecule has 1 aliphatic rings. The highest BCUT2D eigenvalue weighted by Gasteiger charge is 2.35. The van der Waals surface area contributed by atoms with Crippen LogP contribution in [0.3, 0.4) is 0 Å². The molecule has 0 atom stereocenters. The lowest BCUT2D eigenvalue weighted by Gasteiger charge is -2.25. The average Bonchev–Trinajstić information content (AvgIpc) is 3.67. The van der Waals surface area contributed by atoms with E-state index >= 15 is 0 Å². The molecule has 0 amide bonds. The minimum atomic E-state index is -0.0697. The van der Waals surface area contributed by atoms with Gasteiger partial charge in [-0.2, -0.15) is 0 Å². The molecule has 7 aromatic carbocycles. The highest BCUT2D eigenvalue weighted by molar-refractivity contribution is 6.10. The van der Waals surface area contributed by atoms with Gasteiger partial charge in [-0.15, -0.1) is 0 Å². The van der Waals surface area contributed by atoms with E-state index in [0.717, 1.165) is 22.6 Å². The number of pyridine rings is 1. The monoisotopic (exact) mass is 679 g/mol. The van der Waals surface area contributed by atoms with Gasteiger partial charge in [0.25, 0.3) is 0 Å². The lowest BCUT2D eigenvalue weighted by Crippen LogP contribution is -2.15. The summed E-state index contributed by atoms with van der Waals surface area (Å²) in [7, 11) is 0. The molecule has 0 radical (unpaired) electrons. The standard InChI is InChI=1S/C50H37N3/c1-50(2)46-22-8-6-20-42(46)43-27-25-40(32-47(43)50)53-48-23-9-7-21-44(48)45-26-24-37(31-49(45)53)35-14-10-13-34(29-35)36-15-11-18-39(30-36)52(38-16-4-3-5-17-38)41-19-12-28-51-33-41/h3-33H,1-2H3. The molecule has 0 bridgehead atoms. The molecule has 0 N–H and O–H groups in total. The summed E-state index contributed by atoms with van der Waals surface area (Å²) in [6.07, 6.45) is 3.73. The van der Waals surface area contributed by atoms with Crippen molar-refractivity contribution in [1.29, 1.82) is 0 Å². The van der Waals surface area contributed by atoms with Crippen molar-refractivity contribution in [3.05, 3.63) is 199 Å². The number of hydrogen-bond donors (Lipinski definition) is 0. The zero-order chi connectivity index (χ0) is 35.5. The van der Waals surface area contributed by atoms with E-state index in [1.165, 1.54) is 66.4 Å². The number of fused-ring (bicyclic) bond motifs is 6. The minimum Gasteiger partial charge on any atom is -0.309 e. The van der Waals surface area contributed by atoms with Gasteiger partial charge in [0.05, 0.1) is 22.9 Å². The second-order valence-electron chi connectivity index (χ2n) is 14.5. The van der Waals surface area contributed by atoms with E-state index in [1.54, 1.807) is 0 Å². The summed E-state index contributed by atoms with van der Waals surface area (Å²) < 4.78 is 2.46. The lowest BCUT2D eigenvalue weighted by atomic mass is 9.82. The molecule has 3 heteroatoms. The first kappa shape index (κ1) is 31.1. The fourth-order valence-corrected chi connectivity index (χ4v) is 8.47. The van der Waals surface area contributed by atoms with Crippen LogP contribution in [0.4, 0.5) is 17.1 Å². The molecule has 0 unspecified atom stereocenters. The first-order valence-electron chi connectivity index (χ1n) is 18.3. The number of rotatable bonds is 6. The summed E-state index contributed by atoms with van der Waals surface area (Å²) in [5, 5.41) is 2.52. The normalized spacial score (nSPS) is 12.9. The van der Waals surface area contributed by atoms with E-state index < -0.39 is 0 Å². The van der Waals surface area contributed by atoms with Crippen LogP contribution >= 0.6 is 0 Å². The topological polar surface area (TPSA) is 21.1 Å². The Morgan fingerprint density at radius 2 is 1.11 bits per heavy atom. The van der Waals surface area contributed by atoms with Crippen molar-refractivity contribution in [1.82, 2.24) is 9.55 Å². The third-order valence-corrected chi connectivity index (χ3v) is 11.1. The van der Waals surface area contributed by atoms with Crippen LogP contribution in [0.2, 0.25) is 0 Å². The molecule has 0 spiro atoms. The maximum absolute atomic E-state index is 4.43. The summed E-state index contributed by atoms with van der Waals surface area (Å²) >= 11 is 0. The lowest BCUT2D eigenvalue weighted by molar-refractivity contribution is 0.660. The Kier molecular flexibility index (Phi) is 7.16. The highest BCUT2D eigenvalue weighted by Crippen LogP contribution is 2.49. The van der Waals surface area contributed by atoms with Gasteiger partial charge in [0.15, 0.2) is 0 Å². The van der Waals surface area contributed by atoms with E-state index in [0.29, 0.717) is 0 Å². The smallest absolute Gasteiger partial charge is 0.0644 e. The van der Waals surface area contributed by atoms with Gasteiger partial charge in [0.1, 0.15) is 0 Å². The molecule has 2 aromatic heterocycles. The van der Waals surface area contributed by atoms with Crippen LogP contribution in [0, 0.1) is 0 Å². The summed E-state index contributed by atoms with van der Waals surface area (Å²) in [5.41, 5.74) is 16.9. The molecule has 0 fully saturated rings. The van der Waals surface area contributed by atoms with E-state index in [9.17, 15) is 0 Å². The van der Waals surface area contributed by atoms with Crippen LogP contribution in [-0.4, -0.2) is 9.55 Å². The number of benzene rings is 7. The van der Waals surface area contributed by atoms with Gasteiger partial charge in [0.2, 0.25) is 0 Å². The van der Waals surface area contributed by atoms with Crippen molar-refractivity contribution < 1.29 is 0 Å². The quantitative estimate of drug-likeness (QED) is 0.174. The van der Waals surface area contributed by atoms with Crippen LogP contribution < -0.4 is 4.90 Å². The second-order valence-corrected chi connectivity index (χ2v) is 14.5. The molecule has 0 saturated heterocycles. The van der Waals surface area contributed by atoms with Crippen molar-refractivity contribution in [2.75, 3.05) is 4.90 Å². The molecule has 3 nitrogen and oxygen atoms in total. The van der Waals surface area contributed by atoms with E-state index in [4.69, 9.17) is 0 Å². The summed E-state index contributed by atoms with van der Waals surface area (Å²) in [6, 6.07) is 63.9. The van der Waals surface area contributed by atoms with Gasteiger partial charge >= 0.3 is 0 Å². The summed E-state index contributed by atoms with van der Waals surface area (Å²) in [5.74, 6) is 0. The fourth-order valence-electron chi connectivity index (χ4n) is 8.47. The highest BCUT2D eigenvalue weighted by atomic mass is 15.1. The second kappa shape index (κ2) is 12.2. The molecular weight excluding hydrogens is 643 g/mol. The first-order valence-corrected chi connectivity index (χ1v) is 18.3. The van der Waals surface area contributed by atoms with Crippen molar-refractivity contribution in [3.63, 3.8) is 0 Å². The fraction of sp³-hybridized carbons (Fsp3) is 0.0600. The zero-order valence-electron chi connectivity index (χ0n) is 29.7. The average molecular weight is 680 g/mol. The maximum atomic E-state index is 4.43. The van der Waals surface area contributed by atoms with Gasteiger partial charge in [-0.1, -0.05) is 123 Å². The molecule has 252 valence electrons. The van der Waals surface area contributed by atoms with Crippen LogP contribution in [-0.2, 0) is 5.41 Å². The molecule has 10 rings (SSSR count). The molecule has 2 heterocycles. The van der Waals surface area contributed by atoms with Crippen molar-refractivity contribution in [2.24, 2.45) is 0 Å². The van der Waals surface area contributed by atoms with Crippen molar-refractivity contribution in [3.8, 4) is 39.1 Å². The molecule has 0 saturated carbocycles. The van der Waals surface area contributed by atoms with E-state index in [2.05, 4.69) is 198 Å². The van der Waals surface area contributed by atoms with E-state index in [1.807, 2.05) is 18.5 Å². The van der Waals surface area contributed by atoms with E-state index in [-0.39, 0.29) is 5.41 Å². The summed E-state index contributed by atoms with van der Waals surface area (Å²) in [4.78, 5) is 6.69. The van der Waals surface area contributed by atoms with Crippen LogP contribution in [0.1, 0.15) is 25.0 Å². The van der Waals surface area contributed by atoms with Gasteiger partial charge in [-0.25, -0.2) is 0 Å². The van der Waals surface area contributed by atoms with Crippen molar-refractivity contribution >= 4 is 38.9 Å². The van der Waals surface area contributed by atoms with Crippen molar-refractivity contribution in [2.45, 2.75) is 19.3 Å². The predicted octanol–water partition coefficient (Wildman–Crippen LogP) is 13.3. The van der Waals surface area contributed by atoms with Gasteiger partial charge < -0.3 is 9.47 Å². The number of hydrogen-bond acceptors (Lipinski definition) is 2. The van der Waals surface area contributed by atoms with Crippen LogP contribution in [0.25, 0.3) is 60.9 Å². The Labute approximate surface area is 310 Å². The molecule has 53 heavy (non-hydrogen) atoms. The Hall–Kier alpha value is -6.71. The Balaban J connectivity index is 1.08. The van der Waals surface area contributed by atoms with Gasteiger partial charge in [0, 0.05) is 39.4 Å². The number of aromatic nitrogens is 2. The molecule has 1 aliphatic carbocycles.